The lowest BCUT2D eigenvalue weighted by molar-refractivity contribution is -0.384. The van der Waals surface area contributed by atoms with E-state index in [1.165, 1.54) is 31.4 Å². The van der Waals surface area contributed by atoms with Gasteiger partial charge >= 0.3 is 6.03 Å². The summed E-state index contributed by atoms with van der Waals surface area (Å²) in [6.45, 7) is 0.263. The maximum atomic E-state index is 12.6. The third-order valence-electron chi connectivity index (χ3n) is 6.83. The van der Waals surface area contributed by atoms with Crippen LogP contribution in [0.4, 0.5) is 16.2 Å². The fourth-order valence-corrected chi connectivity index (χ4v) is 5.37. The van der Waals surface area contributed by atoms with Crippen molar-refractivity contribution in [1.29, 1.82) is 0 Å². The summed E-state index contributed by atoms with van der Waals surface area (Å²) in [6, 6.07) is 6.90. The van der Waals surface area contributed by atoms with E-state index in [9.17, 15) is 19.7 Å². The zero-order chi connectivity index (χ0) is 21.8. The van der Waals surface area contributed by atoms with Gasteiger partial charge in [-0.1, -0.05) is 25.3 Å². The number of amides is 3. The summed E-state index contributed by atoms with van der Waals surface area (Å²) < 4.78 is 0. The van der Waals surface area contributed by atoms with Crippen molar-refractivity contribution in [2.75, 3.05) is 11.9 Å². The van der Waals surface area contributed by atoms with E-state index < -0.39 is 4.92 Å². The number of anilines is 1. The molecule has 0 aromatic heterocycles. The van der Waals surface area contributed by atoms with Crippen LogP contribution in [0, 0.1) is 10.1 Å². The van der Waals surface area contributed by atoms with E-state index in [0.717, 1.165) is 38.5 Å². The molecule has 3 N–H and O–H groups in total. The van der Waals surface area contributed by atoms with E-state index in [1.807, 2.05) is 0 Å². The first-order valence-electron chi connectivity index (χ1n) is 11.3. The van der Waals surface area contributed by atoms with Gasteiger partial charge < -0.3 is 16.0 Å². The molecule has 2 aliphatic heterocycles. The smallest absolute Gasteiger partial charge is 0.315 e. The van der Waals surface area contributed by atoms with E-state index in [2.05, 4.69) is 20.9 Å². The fourth-order valence-electron chi connectivity index (χ4n) is 5.37. The molecule has 2 heterocycles. The predicted octanol–water partition coefficient (Wildman–Crippen LogP) is 3.16. The van der Waals surface area contributed by atoms with Crippen molar-refractivity contribution in [2.24, 2.45) is 0 Å². The first-order valence-corrected chi connectivity index (χ1v) is 11.3. The molecule has 0 radical (unpaired) electrons. The molecule has 9 nitrogen and oxygen atoms in total. The zero-order valence-corrected chi connectivity index (χ0v) is 17.7. The number of carbonyl (C=O) groups excluding carboxylic acids is 2. The van der Waals surface area contributed by atoms with Crippen LogP contribution in [0.3, 0.4) is 0 Å². The Kier molecular flexibility index (Phi) is 6.70. The molecular weight excluding hydrogens is 398 g/mol. The third-order valence-corrected chi connectivity index (χ3v) is 6.83. The number of nitro groups is 1. The van der Waals surface area contributed by atoms with E-state index in [4.69, 9.17) is 0 Å². The topological polar surface area (TPSA) is 117 Å². The summed E-state index contributed by atoms with van der Waals surface area (Å²) in [5.74, 6) is -0.168. The highest BCUT2D eigenvalue weighted by atomic mass is 16.6. The number of piperidine rings is 1. The van der Waals surface area contributed by atoms with Gasteiger partial charge in [-0.2, -0.15) is 0 Å². The minimum absolute atomic E-state index is 0.0451. The summed E-state index contributed by atoms with van der Waals surface area (Å²) in [4.78, 5) is 37.6. The van der Waals surface area contributed by atoms with Crippen LogP contribution in [-0.4, -0.2) is 52.5 Å². The van der Waals surface area contributed by atoms with Crippen molar-refractivity contribution in [3.63, 3.8) is 0 Å². The van der Waals surface area contributed by atoms with Crippen molar-refractivity contribution in [3.05, 3.63) is 34.4 Å². The second-order valence-corrected chi connectivity index (χ2v) is 9.03. The van der Waals surface area contributed by atoms with E-state index in [1.54, 1.807) is 12.1 Å². The monoisotopic (exact) mass is 429 g/mol. The minimum Gasteiger partial charge on any atom is -0.335 e. The molecule has 3 amide bonds. The third kappa shape index (κ3) is 5.52. The molecule has 1 aliphatic carbocycles. The van der Waals surface area contributed by atoms with E-state index >= 15 is 0 Å². The lowest BCUT2D eigenvalue weighted by Crippen LogP contribution is -2.54. The van der Waals surface area contributed by atoms with Crippen LogP contribution in [-0.2, 0) is 4.79 Å². The summed E-state index contributed by atoms with van der Waals surface area (Å²) in [5.41, 5.74) is 0.388. The largest absolute Gasteiger partial charge is 0.335 e. The van der Waals surface area contributed by atoms with Gasteiger partial charge in [0.05, 0.1) is 11.5 Å². The average molecular weight is 430 g/mol. The van der Waals surface area contributed by atoms with Crippen molar-refractivity contribution in [2.45, 2.75) is 82.0 Å². The molecular formula is C22H31N5O4. The summed E-state index contributed by atoms with van der Waals surface area (Å²) in [6.07, 6.45) is 9.51. The number of urea groups is 1. The zero-order valence-electron chi connectivity index (χ0n) is 17.7. The van der Waals surface area contributed by atoms with Crippen LogP contribution in [0.2, 0.25) is 0 Å². The number of nitrogens with one attached hydrogen (secondary N) is 3. The Hall–Kier alpha value is -2.68. The number of carbonyl (C=O) groups is 2. The SMILES string of the molecule is O=C(CN1[C@@H]2CC[C@@H]1CC(NC(=O)NC1CCCCC1)C2)Nc1cccc([N+](=O)[O-])c1. The number of rotatable bonds is 6. The maximum absolute atomic E-state index is 12.6. The Labute approximate surface area is 182 Å². The van der Waals surface area contributed by atoms with Crippen LogP contribution < -0.4 is 16.0 Å². The van der Waals surface area contributed by atoms with Gasteiger partial charge in [-0.25, -0.2) is 4.79 Å². The number of hydrogen-bond acceptors (Lipinski definition) is 5. The normalized spacial score (nSPS) is 26.3. The second kappa shape index (κ2) is 9.64. The average Bonchev–Trinajstić information content (AvgIpc) is 2.96. The van der Waals surface area contributed by atoms with Gasteiger partial charge in [0.25, 0.3) is 5.69 Å². The van der Waals surface area contributed by atoms with Crippen molar-refractivity contribution < 1.29 is 14.5 Å². The first kappa shape index (κ1) is 21.5. The highest BCUT2D eigenvalue weighted by molar-refractivity contribution is 5.92. The van der Waals surface area contributed by atoms with Gasteiger partial charge in [0.15, 0.2) is 0 Å². The van der Waals surface area contributed by atoms with Crippen LogP contribution in [0.5, 0.6) is 0 Å². The standard InChI is InChI=1S/C22H31N5O4/c28-21(23-16-7-4-8-20(11-16)27(30)31)14-26-18-9-10-19(26)13-17(12-18)25-22(29)24-15-5-2-1-3-6-15/h4,7-8,11,15,17-19H,1-3,5-6,9-10,12-14H2,(H,23,28)(H2,24,25,29)/t18-,19-/m1/s1. The van der Waals surface area contributed by atoms with Gasteiger partial charge in [0, 0.05) is 42.0 Å². The summed E-state index contributed by atoms with van der Waals surface area (Å²) in [7, 11) is 0. The molecule has 2 atom stereocenters. The molecule has 4 rings (SSSR count). The number of nitro benzene ring substituents is 1. The molecule has 3 aliphatic rings. The number of non-ortho nitro benzene ring substituents is 1. The Bertz CT molecular complexity index is 812. The molecule has 3 fully saturated rings. The highest BCUT2D eigenvalue weighted by Crippen LogP contribution is 2.35. The quantitative estimate of drug-likeness (QED) is 0.474. The van der Waals surface area contributed by atoms with Crippen LogP contribution in [0.25, 0.3) is 0 Å². The number of nitrogens with zero attached hydrogens (tertiary/aromatic N) is 2. The Balaban J connectivity index is 1.26. The van der Waals surface area contributed by atoms with Crippen molar-refractivity contribution >= 4 is 23.3 Å². The van der Waals surface area contributed by atoms with E-state index in [-0.39, 0.29) is 42.3 Å². The maximum Gasteiger partial charge on any atom is 0.315 e. The summed E-state index contributed by atoms with van der Waals surface area (Å²) >= 11 is 0. The Morgan fingerprint density at radius 3 is 2.35 bits per heavy atom. The number of fused-ring (bicyclic) bond motifs is 2. The molecule has 1 aromatic rings. The van der Waals surface area contributed by atoms with Crippen LogP contribution in [0.15, 0.2) is 24.3 Å². The molecule has 2 saturated heterocycles. The Morgan fingerprint density at radius 1 is 1.00 bits per heavy atom. The van der Waals surface area contributed by atoms with Gasteiger partial charge in [-0.15, -0.1) is 0 Å². The van der Waals surface area contributed by atoms with Gasteiger partial charge in [-0.05, 0) is 44.6 Å². The van der Waals surface area contributed by atoms with E-state index in [0.29, 0.717) is 11.7 Å². The lowest BCUT2D eigenvalue weighted by Gasteiger charge is -2.39. The molecule has 168 valence electrons. The lowest BCUT2D eigenvalue weighted by atomic mass is 9.95. The van der Waals surface area contributed by atoms with Crippen LogP contribution >= 0.6 is 0 Å². The van der Waals surface area contributed by atoms with Gasteiger partial charge in [0.2, 0.25) is 5.91 Å². The Morgan fingerprint density at radius 2 is 1.68 bits per heavy atom. The highest BCUT2D eigenvalue weighted by Gasteiger charge is 2.41. The first-order chi connectivity index (χ1) is 15.0. The van der Waals surface area contributed by atoms with Gasteiger partial charge in [-0.3, -0.25) is 19.8 Å². The summed E-state index contributed by atoms with van der Waals surface area (Å²) in [5, 5.41) is 20.0. The van der Waals surface area contributed by atoms with Crippen molar-refractivity contribution in [1.82, 2.24) is 15.5 Å². The molecule has 1 saturated carbocycles. The molecule has 2 bridgehead atoms. The fraction of sp³-hybridized carbons (Fsp3) is 0.636. The predicted molar refractivity (Wildman–Crippen MR) is 117 cm³/mol. The molecule has 31 heavy (non-hydrogen) atoms. The minimum atomic E-state index is -0.474. The number of benzene rings is 1. The molecule has 0 unspecified atom stereocenters. The number of hydrogen-bond donors (Lipinski definition) is 3. The van der Waals surface area contributed by atoms with Crippen molar-refractivity contribution in [3.8, 4) is 0 Å². The van der Waals surface area contributed by atoms with Gasteiger partial charge in [0.1, 0.15) is 0 Å². The second-order valence-electron chi connectivity index (χ2n) is 9.03. The molecule has 0 spiro atoms. The molecule has 1 aromatic carbocycles. The molecule has 9 heteroatoms. The van der Waals surface area contributed by atoms with Crippen LogP contribution in [0.1, 0.15) is 57.8 Å².